The van der Waals surface area contributed by atoms with Gasteiger partial charge in [-0.3, -0.25) is 4.79 Å². The number of nitrogens with one attached hydrogen (secondary N) is 1. The monoisotopic (exact) mass is 293 g/mol. The molecule has 7 nitrogen and oxygen atoms in total. The molecule has 0 saturated heterocycles. The van der Waals surface area contributed by atoms with Crippen molar-refractivity contribution in [2.24, 2.45) is 0 Å². The molecular weight excluding hydrogens is 278 g/mol. The minimum atomic E-state index is -0.369. The Labute approximate surface area is 120 Å². The van der Waals surface area contributed by atoms with Crippen LogP contribution in [-0.2, 0) is 4.79 Å². The summed E-state index contributed by atoms with van der Waals surface area (Å²) in [4.78, 5) is 12.1. The summed E-state index contributed by atoms with van der Waals surface area (Å²) in [6.07, 6.45) is 1.38. The summed E-state index contributed by atoms with van der Waals surface area (Å²) >= 11 is 1.23. The summed E-state index contributed by atoms with van der Waals surface area (Å²) in [5.74, 6) is 6.05. The molecule has 1 amide bonds. The van der Waals surface area contributed by atoms with E-state index in [9.17, 15) is 4.79 Å². The molecule has 1 aromatic carbocycles. The number of nitrogens with two attached hydrogens (primary N) is 1. The average Bonchev–Trinajstić information content (AvgIpc) is 2.84. The molecule has 0 bridgehead atoms. The predicted molar refractivity (Wildman–Crippen MR) is 77.1 cm³/mol. The molecule has 0 unspecified atom stereocenters. The maximum atomic E-state index is 12.1. The minimum Gasteiger partial charge on any atom is -0.495 e. The molecule has 8 heteroatoms. The Morgan fingerprint density at radius 2 is 2.25 bits per heavy atom. The van der Waals surface area contributed by atoms with E-state index in [1.54, 1.807) is 26.2 Å². The van der Waals surface area contributed by atoms with Gasteiger partial charge in [0.25, 0.3) is 0 Å². The van der Waals surface area contributed by atoms with Crippen molar-refractivity contribution in [2.45, 2.75) is 17.3 Å². The highest BCUT2D eigenvalue weighted by molar-refractivity contribution is 8.00. The number of ether oxygens (including phenoxy) is 1. The second-order valence-electron chi connectivity index (χ2n) is 3.97. The Hall–Kier alpha value is -2.22. The molecule has 0 aliphatic heterocycles. The minimum absolute atomic E-state index is 0.164. The highest BCUT2D eigenvalue weighted by atomic mass is 32.2. The Morgan fingerprint density at radius 3 is 2.90 bits per heavy atom. The Kier molecular flexibility index (Phi) is 4.46. The van der Waals surface area contributed by atoms with Crippen LogP contribution in [0.5, 0.6) is 5.75 Å². The number of para-hydroxylation sites is 2. The second-order valence-corrected chi connectivity index (χ2v) is 5.28. The molecule has 0 fully saturated rings. The van der Waals surface area contributed by atoms with Crippen LogP contribution >= 0.6 is 11.8 Å². The molecule has 2 aromatic rings. The number of hydrogen-bond donors (Lipinski definition) is 2. The number of nitrogen functional groups attached to an aromatic ring is 1. The quantitative estimate of drug-likeness (QED) is 0.633. The summed E-state index contributed by atoms with van der Waals surface area (Å²) in [5.41, 5.74) is 0.627. The Balaban J connectivity index is 2.02. The summed E-state index contributed by atoms with van der Waals surface area (Å²) in [6, 6.07) is 7.22. The van der Waals surface area contributed by atoms with E-state index in [2.05, 4.69) is 15.5 Å². The molecule has 0 aliphatic carbocycles. The zero-order valence-corrected chi connectivity index (χ0v) is 11.9. The predicted octanol–water partition coefficient (Wildman–Crippen LogP) is 1.12. The van der Waals surface area contributed by atoms with Crippen molar-refractivity contribution in [1.82, 2.24) is 14.9 Å². The van der Waals surface area contributed by atoms with Gasteiger partial charge in [-0.2, -0.15) is 0 Å². The first-order valence-corrected chi connectivity index (χ1v) is 6.75. The first-order chi connectivity index (χ1) is 9.61. The largest absolute Gasteiger partial charge is 0.495 e. The molecule has 0 saturated carbocycles. The van der Waals surface area contributed by atoms with Crippen molar-refractivity contribution >= 4 is 23.4 Å². The van der Waals surface area contributed by atoms with E-state index in [0.29, 0.717) is 16.6 Å². The smallest absolute Gasteiger partial charge is 0.237 e. The summed E-state index contributed by atoms with van der Waals surface area (Å²) < 4.78 is 6.46. The third-order valence-corrected chi connectivity index (χ3v) is 3.63. The van der Waals surface area contributed by atoms with Crippen molar-refractivity contribution in [3.05, 3.63) is 30.6 Å². The van der Waals surface area contributed by atoms with Crippen LogP contribution in [0.15, 0.2) is 35.7 Å². The van der Waals surface area contributed by atoms with E-state index in [0.717, 1.165) is 0 Å². The Bertz CT molecular complexity index is 601. The highest BCUT2D eigenvalue weighted by Crippen LogP contribution is 2.25. The lowest BCUT2D eigenvalue weighted by Crippen LogP contribution is -2.23. The van der Waals surface area contributed by atoms with Gasteiger partial charge in [-0.15, -0.1) is 10.2 Å². The third kappa shape index (κ3) is 3.21. The lowest BCUT2D eigenvalue weighted by atomic mass is 10.3. The van der Waals surface area contributed by atoms with Crippen molar-refractivity contribution in [3.63, 3.8) is 0 Å². The van der Waals surface area contributed by atoms with Crippen molar-refractivity contribution < 1.29 is 9.53 Å². The maximum Gasteiger partial charge on any atom is 0.237 e. The van der Waals surface area contributed by atoms with E-state index in [4.69, 9.17) is 10.6 Å². The number of rotatable bonds is 5. The fraction of sp³-hybridized carbons (Fsp3) is 0.250. The van der Waals surface area contributed by atoms with Gasteiger partial charge in [0, 0.05) is 0 Å². The number of aromatic nitrogens is 3. The van der Waals surface area contributed by atoms with E-state index >= 15 is 0 Å². The van der Waals surface area contributed by atoms with Crippen LogP contribution in [0.3, 0.4) is 0 Å². The van der Waals surface area contributed by atoms with Gasteiger partial charge in [0.1, 0.15) is 12.1 Å². The van der Waals surface area contributed by atoms with Crippen LogP contribution < -0.4 is 15.9 Å². The number of carbonyl (C=O) groups excluding carboxylic acids is 1. The second kappa shape index (κ2) is 6.29. The summed E-state index contributed by atoms with van der Waals surface area (Å²) in [6.45, 7) is 1.77. The summed E-state index contributed by atoms with van der Waals surface area (Å²) in [7, 11) is 1.56. The van der Waals surface area contributed by atoms with Crippen molar-refractivity contribution in [1.29, 1.82) is 0 Å². The number of thioether (sulfide) groups is 1. The molecule has 20 heavy (non-hydrogen) atoms. The SMILES string of the molecule is COc1ccccc1NC(=O)[C@H](C)Sc1nncn1N. The van der Waals surface area contributed by atoms with Gasteiger partial charge in [-0.05, 0) is 19.1 Å². The lowest BCUT2D eigenvalue weighted by Gasteiger charge is -2.13. The number of nitrogens with zero attached hydrogens (tertiary/aromatic N) is 3. The number of amides is 1. The van der Waals surface area contributed by atoms with Crippen LogP contribution in [0.1, 0.15) is 6.92 Å². The fourth-order valence-corrected chi connectivity index (χ4v) is 2.26. The molecule has 0 radical (unpaired) electrons. The van der Waals surface area contributed by atoms with Crippen molar-refractivity contribution in [2.75, 3.05) is 18.3 Å². The zero-order valence-electron chi connectivity index (χ0n) is 11.1. The number of hydrogen-bond acceptors (Lipinski definition) is 6. The molecule has 0 spiro atoms. The molecule has 1 atom stereocenters. The van der Waals surface area contributed by atoms with E-state index in [1.165, 1.54) is 22.8 Å². The van der Waals surface area contributed by atoms with Gasteiger partial charge in [-0.1, -0.05) is 23.9 Å². The molecule has 106 valence electrons. The Morgan fingerprint density at radius 1 is 1.50 bits per heavy atom. The van der Waals surface area contributed by atoms with Gasteiger partial charge in [0.15, 0.2) is 0 Å². The zero-order chi connectivity index (χ0) is 14.5. The molecule has 0 aliphatic rings. The van der Waals surface area contributed by atoms with Crippen LogP contribution in [0.25, 0.3) is 0 Å². The average molecular weight is 293 g/mol. The molecule has 2 rings (SSSR count). The summed E-state index contributed by atoms with van der Waals surface area (Å²) in [5, 5.41) is 10.4. The van der Waals surface area contributed by atoms with Gasteiger partial charge in [-0.25, -0.2) is 4.68 Å². The number of methoxy groups -OCH3 is 1. The lowest BCUT2D eigenvalue weighted by molar-refractivity contribution is -0.115. The van der Waals surface area contributed by atoms with Crippen LogP contribution in [0.4, 0.5) is 5.69 Å². The number of anilines is 1. The van der Waals surface area contributed by atoms with Crippen LogP contribution in [-0.4, -0.2) is 33.1 Å². The van der Waals surface area contributed by atoms with E-state index < -0.39 is 0 Å². The highest BCUT2D eigenvalue weighted by Gasteiger charge is 2.18. The van der Waals surface area contributed by atoms with Gasteiger partial charge in [0.2, 0.25) is 11.1 Å². The molecular formula is C12H15N5O2S. The van der Waals surface area contributed by atoms with E-state index in [1.807, 2.05) is 12.1 Å². The molecule has 1 heterocycles. The number of carbonyl (C=O) groups is 1. The van der Waals surface area contributed by atoms with Gasteiger partial charge in [0.05, 0.1) is 18.0 Å². The number of benzene rings is 1. The molecule has 3 N–H and O–H groups in total. The first kappa shape index (κ1) is 14.2. The van der Waals surface area contributed by atoms with Crippen LogP contribution in [0, 0.1) is 0 Å². The third-order valence-electron chi connectivity index (χ3n) is 2.56. The van der Waals surface area contributed by atoms with E-state index in [-0.39, 0.29) is 11.2 Å². The maximum absolute atomic E-state index is 12.1. The van der Waals surface area contributed by atoms with Gasteiger partial charge < -0.3 is 15.9 Å². The normalized spacial score (nSPS) is 11.9. The standard InChI is InChI=1S/C12H15N5O2S/c1-8(20-12-16-14-7-17(12)13)11(18)15-9-5-3-4-6-10(9)19-2/h3-8H,13H2,1-2H3,(H,15,18)/t8-/m0/s1. The topological polar surface area (TPSA) is 95.1 Å². The molecule has 1 aromatic heterocycles. The fourth-order valence-electron chi connectivity index (χ4n) is 1.51. The first-order valence-electron chi connectivity index (χ1n) is 5.87. The van der Waals surface area contributed by atoms with Crippen LogP contribution in [0.2, 0.25) is 0 Å². The van der Waals surface area contributed by atoms with Crippen molar-refractivity contribution in [3.8, 4) is 5.75 Å². The van der Waals surface area contributed by atoms with Gasteiger partial charge >= 0.3 is 0 Å².